The highest BCUT2D eigenvalue weighted by Gasteiger charge is 2.19. The molecule has 0 bridgehead atoms. The summed E-state index contributed by atoms with van der Waals surface area (Å²) in [6, 6.07) is 6.81. The normalized spacial score (nSPS) is 16.6. The van der Waals surface area contributed by atoms with E-state index < -0.39 is 10.0 Å². The van der Waals surface area contributed by atoms with E-state index in [9.17, 15) is 8.42 Å². The van der Waals surface area contributed by atoms with E-state index >= 15 is 0 Å². The Morgan fingerprint density at radius 3 is 2.86 bits per heavy atom. The molecule has 0 aromatic heterocycles. The Morgan fingerprint density at radius 2 is 2.19 bits per heavy atom. The van der Waals surface area contributed by atoms with Gasteiger partial charge >= 0.3 is 0 Å². The van der Waals surface area contributed by atoms with E-state index in [1.165, 1.54) is 11.1 Å². The third kappa shape index (κ3) is 4.43. The van der Waals surface area contributed by atoms with Crippen LogP contribution >= 0.6 is 0 Å². The van der Waals surface area contributed by atoms with E-state index in [1.807, 2.05) is 0 Å². The van der Waals surface area contributed by atoms with Gasteiger partial charge in [-0.2, -0.15) is 0 Å². The summed E-state index contributed by atoms with van der Waals surface area (Å²) in [7, 11) is -3.41. The fourth-order valence-corrected chi connectivity index (χ4v) is 3.33. The van der Waals surface area contributed by atoms with E-state index in [0.29, 0.717) is 12.6 Å². The van der Waals surface area contributed by atoms with Gasteiger partial charge in [0.15, 0.2) is 0 Å². The number of benzene rings is 1. The lowest BCUT2D eigenvalue weighted by Gasteiger charge is -2.32. The van der Waals surface area contributed by atoms with Crippen LogP contribution < -0.4 is 15.4 Å². The summed E-state index contributed by atoms with van der Waals surface area (Å²) in [6.45, 7) is 6.56. The van der Waals surface area contributed by atoms with Crippen LogP contribution in [-0.2, 0) is 16.4 Å². The molecule has 1 aromatic rings. The smallest absolute Gasteiger partial charge is 0.210 e. The highest BCUT2D eigenvalue weighted by Crippen LogP contribution is 2.29. The third-order valence-corrected chi connectivity index (χ3v) is 4.73. The first-order chi connectivity index (χ1) is 9.90. The largest absolute Gasteiger partial charge is 0.370 e. The van der Waals surface area contributed by atoms with Crippen molar-refractivity contribution in [2.75, 3.05) is 30.3 Å². The number of nitrogens with zero attached hydrogens (tertiary/aromatic N) is 1. The van der Waals surface area contributed by atoms with Crippen molar-refractivity contribution >= 4 is 15.7 Å². The minimum Gasteiger partial charge on any atom is -0.370 e. The van der Waals surface area contributed by atoms with Gasteiger partial charge in [-0.1, -0.05) is 19.1 Å². The number of primary sulfonamides is 1. The fourth-order valence-electron chi connectivity index (χ4n) is 2.86. The van der Waals surface area contributed by atoms with Gasteiger partial charge in [0, 0.05) is 24.8 Å². The van der Waals surface area contributed by atoms with Crippen LogP contribution in [0.15, 0.2) is 18.2 Å². The molecular weight excluding hydrogens is 286 g/mol. The maximum absolute atomic E-state index is 11.1. The third-order valence-electron chi connectivity index (χ3n) is 3.97. The predicted molar refractivity (Wildman–Crippen MR) is 87.0 cm³/mol. The molecule has 2 rings (SSSR count). The van der Waals surface area contributed by atoms with Gasteiger partial charge in [-0.15, -0.1) is 0 Å². The average Bonchev–Trinajstić information content (AvgIpc) is 2.43. The second kappa shape index (κ2) is 6.77. The van der Waals surface area contributed by atoms with E-state index in [2.05, 4.69) is 42.3 Å². The fraction of sp³-hybridized carbons (Fsp3) is 0.600. The van der Waals surface area contributed by atoms with E-state index in [-0.39, 0.29) is 5.75 Å². The van der Waals surface area contributed by atoms with Gasteiger partial charge in [0.25, 0.3) is 0 Å². The van der Waals surface area contributed by atoms with Crippen molar-refractivity contribution in [2.24, 2.45) is 5.14 Å². The molecule has 0 saturated heterocycles. The Morgan fingerprint density at radius 1 is 1.43 bits per heavy atom. The molecule has 1 atom stereocenters. The van der Waals surface area contributed by atoms with Crippen molar-refractivity contribution in [3.05, 3.63) is 29.3 Å². The topological polar surface area (TPSA) is 75.4 Å². The van der Waals surface area contributed by atoms with Gasteiger partial charge in [-0.05, 0) is 43.5 Å². The Labute approximate surface area is 127 Å². The maximum Gasteiger partial charge on any atom is 0.210 e. The number of nitrogens with one attached hydrogen (secondary N) is 1. The molecule has 1 heterocycles. The van der Waals surface area contributed by atoms with Crippen molar-refractivity contribution in [3.8, 4) is 0 Å². The Hall–Kier alpha value is -1.11. The van der Waals surface area contributed by atoms with Crippen LogP contribution in [0.25, 0.3) is 0 Å². The summed E-state index contributed by atoms with van der Waals surface area (Å²) in [5.74, 6) is 0.00197. The molecule has 0 fully saturated rings. The number of hydrogen-bond acceptors (Lipinski definition) is 4. The molecule has 1 aliphatic heterocycles. The molecular formula is C15H25N3O2S. The average molecular weight is 311 g/mol. The summed E-state index contributed by atoms with van der Waals surface area (Å²) in [6.07, 6.45) is 2.10. The molecule has 1 unspecified atom stereocenters. The summed E-state index contributed by atoms with van der Waals surface area (Å²) in [4.78, 5) is 2.13. The molecule has 0 spiro atoms. The lowest BCUT2D eigenvalue weighted by molar-refractivity contribution is 0.593. The molecule has 21 heavy (non-hydrogen) atoms. The Balaban J connectivity index is 2.16. The first-order valence-electron chi connectivity index (χ1n) is 7.52. The summed E-state index contributed by atoms with van der Waals surface area (Å²) >= 11 is 0. The Bertz CT molecular complexity index is 587. The van der Waals surface area contributed by atoms with Gasteiger partial charge in [0.1, 0.15) is 0 Å². The van der Waals surface area contributed by atoms with Gasteiger partial charge in [-0.25, -0.2) is 13.6 Å². The van der Waals surface area contributed by atoms with Crippen LogP contribution in [0.2, 0.25) is 0 Å². The minimum absolute atomic E-state index is 0.00197. The lowest BCUT2D eigenvalue weighted by Crippen LogP contribution is -2.35. The molecule has 0 aliphatic carbocycles. The molecule has 5 nitrogen and oxygen atoms in total. The van der Waals surface area contributed by atoms with Crippen LogP contribution in [-0.4, -0.2) is 33.8 Å². The van der Waals surface area contributed by atoms with Crippen LogP contribution in [0.5, 0.6) is 0 Å². The quantitative estimate of drug-likeness (QED) is 0.832. The Kier molecular flexibility index (Phi) is 5.24. The number of aryl methyl sites for hydroxylation is 1. The molecule has 3 N–H and O–H groups in total. The summed E-state index contributed by atoms with van der Waals surface area (Å²) in [5, 5.41) is 8.52. The van der Waals surface area contributed by atoms with Gasteiger partial charge in [-0.3, -0.25) is 0 Å². The van der Waals surface area contributed by atoms with Crippen LogP contribution in [0.3, 0.4) is 0 Å². The van der Waals surface area contributed by atoms with Crippen molar-refractivity contribution in [2.45, 2.75) is 32.7 Å². The number of anilines is 1. The van der Waals surface area contributed by atoms with Gasteiger partial charge in [0.05, 0.1) is 5.75 Å². The zero-order chi connectivity index (χ0) is 15.5. The number of rotatable bonds is 6. The SMILES string of the molecule is CCNC(C)c1ccc2c(c1)CCCN2CCS(N)(=O)=O. The maximum atomic E-state index is 11.1. The molecule has 0 amide bonds. The molecule has 1 aliphatic rings. The molecule has 0 radical (unpaired) electrons. The highest BCUT2D eigenvalue weighted by molar-refractivity contribution is 7.89. The summed E-state index contributed by atoms with van der Waals surface area (Å²) < 4.78 is 22.3. The molecule has 6 heteroatoms. The first-order valence-corrected chi connectivity index (χ1v) is 9.24. The lowest BCUT2D eigenvalue weighted by atomic mass is 9.97. The van der Waals surface area contributed by atoms with Crippen molar-refractivity contribution in [1.82, 2.24) is 5.32 Å². The molecule has 0 saturated carbocycles. The zero-order valence-corrected chi connectivity index (χ0v) is 13.6. The zero-order valence-electron chi connectivity index (χ0n) is 12.8. The van der Waals surface area contributed by atoms with E-state index in [0.717, 1.165) is 31.6 Å². The van der Waals surface area contributed by atoms with Crippen LogP contribution in [0.1, 0.15) is 37.4 Å². The highest BCUT2D eigenvalue weighted by atomic mass is 32.2. The monoisotopic (exact) mass is 311 g/mol. The number of sulfonamides is 1. The number of fused-ring (bicyclic) bond motifs is 1. The molecule has 1 aromatic carbocycles. The number of nitrogens with two attached hydrogens (primary N) is 1. The second-order valence-electron chi connectivity index (χ2n) is 5.63. The van der Waals surface area contributed by atoms with Crippen LogP contribution in [0, 0.1) is 0 Å². The van der Waals surface area contributed by atoms with Crippen molar-refractivity contribution in [1.29, 1.82) is 0 Å². The molecule has 118 valence electrons. The van der Waals surface area contributed by atoms with E-state index in [4.69, 9.17) is 5.14 Å². The first kappa shape index (κ1) is 16.3. The standard InChI is InChI=1S/C15H25N3O2S/c1-3-17-12(2)13-6-7-15-14(11-13)5-4-8-18(15)9-10-21(16,19)20/h6-7,11-12,17H,3-5,8-10H2,1-2H3,(H2,16,19,20). The van der Waals surface area contributed by atoms with E-state index in [1.54, 1.807) is 0 Å². The summed E-state index contributed by atoms with van der Waals surface area (Å²) in [5.41, 5.74) is 3.74. The number of hydrogen-bond donors (Lipinski definition) is 2. The van der Waals surface area contributed by atoms with Gasteiger partial charge < -0.3 is 10.2 Å². The van der Waals surface area contributed by atoms with Crippen LogP contribution in [0.4, 0.5) is 5.69 Å². The minimum atomic E-state index is -3.41. The van der Waals surface area contributed by atoms with Gasteiger partial charge in [0.2, 0.25) is 10.0 Å². The van der Waals surface area contributed by atoms with Crippen molar-refractivity contribution in [3.63, 3.8) is 0 Å². The second-order valence-corrected chi connectivity index (χ2v) is 7.36. The predicted octanol–water partition coefficient (Wildman–Crippen LogP) is 1.40. The van der Waals surface area contributed by atoms with Crippen molar-refractivity contribution < 1.29 is 8.42 Å².